The highest BCUT2D eigenvalue weighted by Crippen LogP contribution is 2.45. The standard InChI is InChI=1S/C25H27Cl2FN2O2S/c26-21-4-1-5-22(27)20(21)14-30-10-2-3-16(13-30)32-24-12-23(28)19(11-18(24)15-6-7-15)25(31)29-33-17-8-9-17/h1,4-5,11-12,15-17H,2-3,6-10,13-14H2,(H,29,31). The van der Waals surface area contributed by atoms with Crippen LogP contribution in [0.3, 0.4) is 0 Å². The number of amides is 1. The van der Waals surface area contributed by atoms with Crippen molar-refractivity contribution in [3.05, 3.63) is 62.9 Å². The molecular formula is C25H27Cl2FN2O2S. The molecule has 5 rings (SSSR count). The van der Waals surface area contributed by atoms with Gasteiger partial charge in [-0.3, -0.25) is 14.4 Å². The number of likely N-dealkylation sites (tertiary alicyclic amines) is 1. The Kier molecular flexibility index (Phi) is 7.07. The van der Waals surface area contributed by atoms with E-state index in [0.717, 1.165) is 56.2 Å². The normalized spacial score (nSPS) is 21.1. The van der Waals surface area contributed by atoms with Crippen LogP contribution in [0.4, 0.5) is 4.39 Å². The van der Waals surface area contributed by atoms with E-state index in [1.54, 1.807) is 6.07 Å². The molecule has 1 N–H and O–H groups in total. The minimum absolute atomic E-state index is 0.0537. The molecule has 8 heteroatoms. The lowest BCUT2D eigenvalue weighted by Gasteiger charge is -2.33. The Bertz CT molecular complexity index is 1030. The van der Waals surface area contributed by atoms with E-state index >= 15 is 0 Å². The second-order valence-corrected chi connectivity index (χ2v) is 11.1. The Morgan fingerprint density at radius 2 is 1.91 bits per heavy atom. The van der Waals surface area contributed by atoms with E-state index in [1.807, 2.05) is 18.2 Å². The highest BCUT2D eigenvalue weighted by Gasteiger charge is 2.32. The molecule has 1 aliphatic heterocycles. The maximum absolute atomic E-state index is 14.9. The van der Waals surface area contributed by atoms with Crippen molar-refractivity contribution in [2.75, 3.05) is 13.1 Å². The van der Waals surface area contributed by atoms with Gasteiger partial charge in [0.2, 0.25) is 0 Å². The first-order chi connectivity index (χ1) is 16.0. The zero-order valence-electron chi connectivity index (χ0n) is 18.3. The van der Waals surface area contributed by atoms with Gasteiger partial charge in [0.05, 0.1) is 5.56 Å². The largest absolute Gasteiger partial charge is 0.489 e. The molecule has 0 aromatic heterocycles. The number of nitrogens with zero attached hydrogens (tertiary/aromatic N) is 1. The monoisotopic (exact) mass is 508 g/mol. The molecule has 2 saturated carbocycles. The number of nitrogens with one attached hydrogen (secondary N) is 1. The molecular weight excluding hydrogens is 482 g/mol. The molecule has 1 atom stereocenters. The Morgan fingerprint density at radius 1 is 1.15 bits per heavy atom. The lowest BCUT2D eigenvalue weighted by Crippen LogP contribution is -2.40. The van der Waals surface area contributed by atoms with Crippen molar-refractivity contribution in [1.82, 2.24) is 9.62 Å². The molecule has 0 radical (unpaired) electrons. The fourth-order valence-corrected chi connectivity index (χ4v) is 5.55. The number of hydrogen-bond donors (Lipinski definition) is 1. The first-order valence-electron chi connectivity index (χ1n) is 11.6. The van der Waals surface area contributed by atoms with Crippen LogP contribution in [0.1, 0.15) is 65.9 Å². The smallest absolute Gasteiger partial charge is 0.264 e. The van der Waals surface area contributed by atoms with Crippen LogP contribution in [0.25, 0.3) is 0 Å². The highest BCUT2D eigenvalue weighted by atomic mass is 35.5. The van der Waals surface area contributed by atoms with Gasteiger partial charge < -0.3 is 4.74 Å². The first-order valence-corrected chi connectivity index (χ1v) is 13.2. The van der Waals surface area contributed by atoms with Gasteiger partial charge in [-0.25, -0.2) is 4.39 Å². The summed E-state index contributed by atoms with van der Waals surface area (Å²) >= 11 is 14.1. The van der Waals surface area contributed by atoms with Crippen LogP contribution in [-0.2, 0) is 6.54 Å². The van der Waals surface area contributed by atoms with E-state index in [1.165, 1.54) is 18.0 Å². The summed E-state index contributed by atoms with van der Waals surface area (Å²) in [6.07, 6.45) is 6.13. The van der Waals surface area contributed by atoms with Crippen molar-refractivity contribution in [1.29, 1.82) is 0 Å². The summed E-state index contributed by atoms with van der Waals surface area (Å²) in [6.45, 7) is 2.30. The van der Waals surface area contributed by atoms with Crippen molar-refractivity contribution in [2.45, 2.75) is 62.3 Å². The highest BCUT2D eigenvalue weighted by molar-refractivity contribution is 7.98. The van der Waals surface area contributed by atoms with Crippen molar-refractivity contribution < 1.29 is 13.9 Å². The van der Waals surface area contributed by atoms with E-state index in [-0.39, 0.29) is 17.6 Å². The van der Waals surface area contributed by atoms with Crippen LogP contribution in [0, 0.1) is 5.82 Å². The molecule has 2 aromatic rings. The van der Waals surface area contributed by atoms with Gasteiger partial charge in [-0.1, -0.05) is 29.3 Å². The van der Waals surface area contributed by atoms with Crippen LogP contribution < -0.4 is 9.46 Å². The van der Waals surface area contributed by atoms with E-state index < -0.39 is 5.82 Å². The molecule has 2 aliphatic carbocycles. The topological polar surface area (TPSA) is 41.6 Å². The lowest BCUT2D eigenvalue weighted by atomic mass is 10.0. The molecule has 2 aromatic carbocycles. The number of benzene rings is 2. The Morgan fingerprint density at radius 3 is 2.61 bits per heavy atom. The Labute approximate surface area is 208 Å². The lowest BCUT2D eigenvalue weighted by molar-refractivity contribution is 0.0833. The number of rotatable bonds is 8. The molecule has 3 aliphatic rings. The van der Waals surface area contributed by atoms with Crippen LogP contribution >= 0.6 is 35.1 Å². The van der Waals surface area contributed by atoms with Crippen LogP contribution in [0.2, 0.25) is 10.0 Å². The molecule has 1 amide bonds. The molecule has 0 bridgehead atoms. The second kappa shape index (κ2) is 10.0. The summed E-state index contributed by atoms with van der Waals surface area (Å²) < 4.78 is 24.1. The summed E-state index contributed by atoms with van der Waals surface area (Å²) in [6, 6.07) is 8.67. The number of hydrogen-bond acceptors (Lipinski definition) is 4. The number of ether oxygens (including phenoxy) is 1. The van der Waals surface area contributed by atoms with Crippen molar-refractivity contribution in [3.8, 4) is 5.75 Å². The number of carbonyl (C=O) groups is 1. The maximum atomic E-state index is 14.9. The minimum Gasteiger partial charge on any atom is -0.489 e. The van der Waals surface area contributed by atoms with Crippen LogP contribution in [-0.4, -0.2) is 35.3 Å². The number of halogens is 3. The van der Waals surface area contributed by atoms with Gasteiger partial charge in [0.15, 0.2) is 0 Å². The maximum Gasteiger partial charge on any atom is 0.264 e. The zero-order chi connectivity index (χ0) is 22.9. The van der Waals surface area contributed by atoms with Gasteiger partial charge in [-0.05, 0) is 86.7 Å². The van der Waals surface area contributed by atoms with Crippen LogP contribution in [0.5, 0.6) is 5.75 Å². The Balaban J connectivity index is 1.28. The fraction of sp³-hybridized carbons (Fsp3) is 0.480. The van der Waals surface area contributed by atoms with Gasteiger partial charge >= 0.3 is 0 Å². The quantitative estimate of drug-likeness (QED) is 0.408. The molecule has 176 valence electrons. The first kappa shape index (κ1) is 23.3. The molecule has 0 spiro atoms. The van der Waals surface area contributed by atoms with Crippen LogP contribution in [0.15, 0.2) is 30.3 Å². The summed E-state index contributed by atoms with van der Waals surface area (Å²) in [4.78, 5) is 14.8. The second-order valence-electron chi connectivity index (χ2n) is 9.21. The SMILES string of the molecule is O=C(NSC1CC1)c1cc(C2CC2)c(OC2CCCN(Cc3c(Cl)cccc3Cl)C2)cc1F. The third kappa shape index (κ3) is 5.79. The predicted molar refractivity (Wildman–Crippen MR) is 132 cm³/mol. The van der Waals surface area contributed by atoms with Gasteiger partial charge in [-0.15, -0.1) is 0 Å². The third-order valence-corrected chi connectivity index (χ3v) is 8.22. The van der Waals surface area contributed by atoms with Crippen molar-refractivity contribution >= 4 is 41.1 Å². The van der Waals surface area contributed by atoms with Gasteiger partial charge in [0.25, 0.3) is 5.91 Å². The molecule has 3 fully saturated rings. The molecule has 1 saturated heterocycles. The third-order valence-electron chi connectivity index (χ3n) is 6.40. The van der Waals surface area contributed by atoms with E-state index in [4.69, 9.17) is 27.9 Å². The van der Waals surface area contributed by atoms with Gasteiger partial charge in [0, 0.05) is 40.0 Å². The Hall–Kier alpha value is -1.47. The summed E-state index contributed by atoms with van der Waals surface area (Å²) in [7, 11) is 0. The number of carbonyl (C=O) groups excluding carboxylic acids is 1. The number of piperidine rings is 1. The molecule has 1 unspecified atom stereocenters. The van der Waals surface area contributed by atoms with Gasteiger partial charge in [-0.2, -0.15) is 0 Å². The summed E-state index contributed by atoms with van der Waals surface area (Å²) in [5.41, 5.74) is 1.98. The van der Waals surface area contributed by atoms with Crippen molar-refractivity contribution in [2.24, 2.45) is 0 Å². The fourth-order valence-electron chi connectivity index (χ4n) is 4.28. The average molecular weight is 509 g/mol. The van der Waals surface area contributed by atoms with E-state index in [2.05, 4.69) is 9.62 Å². The van der Waals surface area contributed by atoms with Crippen molar-refractivity contribution in [3.63, 3.8) is 0 Å². The summed E-state index contributed by atoms with van der Waals surface area (Å²) in [5, 5.41) is 1.80. The molecule has 4 nitrogen and oxygen atoms in total. The molecule has 33 heavy (non-hydrogen) atoms. The molecule has 1 heterocycles. The van der Waals surface area contributed by atoms with E-state index in [9.17, 15) is 9.18 Å². The summed E-state index contributed by atoms with van der Waals surface area (Å²) in [5.74, 6) is 0.0194. The van der Waals surface area contributed by atoms with E-state index in [0.29, 0.717) is 40.1 Å². The minimum atomic E-state index is -0.529. The zero-order valence-corrected chi connectivity index (χ0v) is 20.6. The van der Waals surface area contributed by atoms with Gasteiger partial charge in [0.1, 0.15) is 17.7 Å². The predicted octanol–water partition coefficient (Wildman–Crippen LogP) is 6.59. The average Bonchev–Trinajstić information content (AvgIpc) is 3.69.